The summed E-state index contributed by atoms with van der Waals surface area (Å²) in [5.41, 5.74) is 2.26. The van der Waals surface area contributed by atoms with E-state index in [1.165, 1.54) is 7.05 Å². The maximum Gasteiger partial charge on any atom is 0.387 e. The number of hydrogen-bond acceptors (Lipinski definition) is 5. The molecule has 1 aliphatic carbocycles. The number of halogens is 2. The predicted octanol–water partition coefficient (Wildman–Crippen LogP) is 2.93. The molecule has 2 aromatic rings. The third kappa shape index (κ3) is 4.01. The summed E-state index contributed by atoms with van der Waals surface area (Å²) < 4.78 is 29.2. The summed E-state index contributed by atoms with van der Waals surface area (Å²) in [5, 5.41) is 13.7. The summed E-state index contributed by atoms with van der Waals surface area (Å²) in [6.07, 6.45) is 2.63. The number of hydrogen-bond donors (Lipinski definition) is 2. The predicted molar refractivity (Wildman–Crippen MR) is 87.8 cm³/mol. The van der Waals surface area contributed by atoms with Crippen molar-refractivity contribution in [2.75, 3.05) is 12.4 Å². The summed E-state index contributed by atoms with van der Waals surface area (Å²) in [7, 11) is 1.53. The Morgan fingerprint density at radius 1 is 1.28 bits per heavy atom. The van der Waals surface area contributed by atoms with E-state index in [4.69, 9.17) is 0 Å². The Bertz CT molecular complexity index is 753. The largest absolute Gasteiger partial charge is 0.435 e. The summed E-state index contributed by atoms with van der Waals surface area (Å²) in [5.74, 6) is 0.427. The van der Waals surface area contributed by atoms with E-state index in [0.717, 1.165) is 30.4 Å². The van der Waals surface area contributed by atoms with E-state index >= 15 is 0 Å². The van der Waals surface area contributed by atoms with Gasteiger partial charge in [-0.3, -0.25) is 4.79 Å². The van der Waals surface area contributed by atoms with Crippen LogP contribution >= 0.6 is 0 Å². The number of ether oxygens (including phenoxy) is 1. The van der Waals surface area contributed by atoms with Gasteiger partial charge in [-0.05, 0) is 54.7 Å². The third-order valence-corrected chi connectivity index (χ3v) is 4.10. The van der Waals surface area contributed by atoms with E-state index in [2.05, 4.69) is 25.6 Å². The summed E-state index contributed by atoms with van der Waals surface area (Å²) in [4.78, 5) is 11.5. The number of nitrogens with zero attached hydrogens (tertiary/aromatic N) is 2. The van der Waals surface area contributed by atoms with E-state index in [1.807, 2.05) is 0 Å². The molecule has 3 rings (SSSR count). The number of aromatic nitrogens is 2. The smallest absolute Gasteiger partial charge is 0.387 e. The zero-order chi connectivity index (χ0) is 17.8. The average Bonchev–Trinajstić information content (AvgIpc) is 2.61. The number of rotatable bonds is 5. The normalized spacial score (nSPS) is 16.2. The van der Waals surface area contributed by atoms with Gasteiger partial charge in [-0.1, -0.05) is 6.07 Å². The lowest BCUT2D eigenvalue weighted by atomic mass is 9.87. The van der Waals surface area contributed by atoms with Gasteiger partial charge in [-0.25, -0.2) is 0 Å². The number of alkyl halides is 2. The van der Waals surface area contributed by atoms with Crippen molar-refractivity contribution in [2.24, 2.45) is 0 Å². The lowest BCUT2D eigenvalue weighted by Gasteiger charge is -2.27. The lowest BCUT2D eigenvalue weighted by molar-refractivity contribution is -0.0499. The van der Waals surface area contributed by atoms with Gasteiger partial charge < -0.3 is 15.4 Å². The Labute approximate surface area is 143 Å². The van der Waals surface area contributed by atoms with E-state index in [-0.39, 0.29) is 23.4 Å². The molecule has 1 aromatic heterocycles. The first-order chi connectivity index (χ1) is 12.1. The lowest BCUT2D eigenvalue weighted by Crippen LogP contribution is -2.21. The number of aryl methyl sites for hydroxylation is 1. The second-order valence-electron chi connectivity index (χ2n) is 5.71. The monoisotopic (exact) mass is 348 g/mol. The molecule has 0 unspecified atom stereocenters. The molecule has 0 bridgehead atoms. The first kappa shape index (κ1) is 17.1. The molecule has 132 valence electrons. The minimum atomic E-state index is -2.83. The van der Waals surface area contributed by atoms with Crippen LogP contribution in [-0.2, 0) is 6.42 Å². The van der Waals surface area contributed by atoms with Crippen LogP contribution < -0.4 is 15.4 Å². The fraction of sp³-hybridized carbons (Fsp3) is 0.353. The molecule has 1 amide bonds. The third-order valence-electron chi connectivity index (χ3n) is 4.10. The van der Waals surface area contributed by atoms with Crippen LogP contribution in [0.1, 0.15) is 40.5 Å². The van der Waals surface area contributed by atoms with E-state index < -0.39 is 6.61 Å². The second-order valence-corrected chi connectivity index (χ2v) is 5.71. The Hall–Kier alpha value is -2.77. The molecule has 1 aromatic carbocycles. The van der Waals surface area contributed by atoms with Gasteiger partial charge in [0, 0.05) is 7.05 Å². The SMILES string of the molecule is CNC(=O)c1ccc(N[C@@H]2CCCc3cc(OC(F)F)ccc32)nn1. The summed E-state index contributed by atoms with van der Waals surface area (Å²) in [6.45, 7) is -2.83. The van der Waals surface area contributed by atoms with Gasteiger partial charge in [0.1, 0.15) is 11.6 Å². The van der Waals surface area contributed by atoms with Gasteiger partial charge >= 0.3 is 6.61 Å². The van der Waals surface area contributed by atoms with Gasteiger partial charge in [0.2, 0.25) is 0 Å². The number of carbonyl (C=O) groups is 1. The maximum atomic E-state index is 12.4. The molecule has 0 aliphatic heterocycles. The first-order valence-electron chi connectivity index (χ1n) is 7.97. The molecule has 8 heteroatoms. The molecule has 0 spiro atoms. The zero-order valence-electron chi connectivity index (χ0n) is 13.6. The molecule has 6 nitrogen and oxygen atoms in total. The van der Waals surface area contributed by atoms with Crippen LogP contribution in [0.3, 0.4) is 0 Å². The van der Waals surface area contributed by atoms with Crippen LogP contribution in [0.15, 0.2) is 30.3 Å². The fourth-order valence-electron chi connectivity index (χ4n) is 2.95. The topological polar surface area (TPSA) is 76.1 Å². The van der Waals surface area contributed by atoms with Gasteiger partial charge in [0.05, 0.1) is 6.04 Å². The maximum absolute atomic E-state index is 12.4. The highest BCUT2D eigenvalue weighted by atomic mass is 19.3. The Balaban J connectivity index is 1.75. The summed E-state index contributed by atoms with van der Waals surface area (Å²) >= 11 is 0. The zero-order valence-corrected chi connectivity index (χ0v) is 13.6. The van der Waals surface area contributed by atoms with Crippen LogP contribution in [-0.4, -0.2) is 29.8 Å². The number of carbonyl (C=O) groups excluding carboxylic acids is 1. The molecule has 0 saturated heterocycles. The van der Waals surface area contributed by atoms with E-state index in [0.29, 0.717) is 5.82 Å². The van der Waals surface area contributed by atoms with Gasteiger partial charge in [-0.15, -0.1) is 10.2 Å². The van der Waals surface area contributed by atoms with Crippen LogP contribution in [0.4, 0.5) is 14.6 Å². The number of benzene rings is 1. The highest BCUT2D eigenvalue weighted by Crippen LogP contribution is 2.34. The van der Waals surface area contributed by atoms with Crippen molar-refractivity contribution in [3.05, 3.63) is 47.2 Å². The molecule has 0 fully saturated rings. The van der Waals surface area contributed by atoms with Crippen LogP contribution in [0.5, 0.6) is 5.75 Å². The number of fused-ring (bicyclic) bond motifs is 1. The number of nitrogens with one attached hydrogen (secondary N) is 2. The van der Waals surface area contributed by atoms with Crippen LogP contribution in [0.25, 0.3) is 0 Å². The highest BCUT2D eigenvalue weighted by molar-refractivity contribution is 5.91. The molecule has 1 aliphatic rings. The van der Waals surface area contributed by atoms with Crippen molar-refractivity contribution in [1.29, 1.82) is 0 Å². The molecular weight excluding hydrogens is 330 g/mol. The Kier molecular flexibility index (Phi) is 5.06. The average molecular weight is 348 g/mol. The molecule has 2 N–H and O–H groups in total. The van der Waals surface area contributed by atoms with E-state index in [1.54, 1.807) is 30.3 Å². The Morgan fingerprint density at radius 2 is 2.12 bits per heavy atom. The van der Waals surface area contributed by atoms with Gasteiger partial charge in [0.25, 0.3) is 5.91 Å². The van der Waals surface area contributed by atoms with E-state index in [9.17, 15) is 13.6 Å². The highest BCUT2D eigenvalue weighted by Gasteiger charge is 2.21. The van der Waals surface area contributed by atoms with Crippen molar-refractivity contribution in [2.45, 2.75) is 31.9 Å². The van der Waals surface area contributed by atoms with Crippen molar-refractivity contribution >= 4 is 11.7 Å². The quantitative estimate of drug-likeness (QED) is 0.869. The van der Waals surface area contributed by atoms with Crippen LogP contribution in [0.2, 0.25) is 0 Å². The van der Waals surface area contributed by atoms with Crippen molar-refractivity contribution in [1.82, 2.24) is 15.5 Å². The molecule has 0 radical (unpaired) electrons. The van der Waals surface area contributed by atoms with Crippen molar-refractivity contribution in [3.8, 4) is 5.75 Å². The first-order valence-corrected chi connectivity index (χ1v) is 7.97. The molecule has 25 heavy (non-hydrogen) atoms. The molecule has 1 heterocycles. The molecular formula is C17H18F2N4O2. The minimum absolute atomic E-state index is 0.00417. The standard InChI is InChI=1S/C17H18F2N4O2/c1-20-16(24)14-7-8-15(23-22-14)21-13-4-2-3-10-9-11(25-17(18)19)5-6-12(10)13/h5-9,13,17H,2-4H2,1H3,(H,20,24)(H,21,23)/t13-/m1/s1. The Morgan fingerprint density at radius 3 is 2.80 bits per heavy atom. The number of anilines is 1. The van der Waals surface area contributed by atoms with Gasteiger partial charge in [0.15, 0.2) is 5.69 Å². The fourth-order valence-corrected chi connectivity index (χ4v) is 2.95. The molecule has 0 saturated carbocycles. The number of amides is 1. The molecule has 1 atom stereocenters. The van der Waals surface area contributed by atoms with Crippen molar-refractivity contribution in [3.63, 3.8) is 0 Å². The minimum Gasteiger partial charge on any atom is -0.435 e. The second kappa shape index (κ2) is 7.42. The summed E-state index contributed by atoms with van der Waals surface area (Å²) in [6, 6.07) is 8.30. The van der Waals surface area contributed by atoms with Crippen LogP contribution in [0, 0.1) is 0 Å². The van der Waals surface area contributed by atoms with Crippen molar-refractivity contribution < 1.29 is 18.3 Å². The van der Waals surface area contributed by atoms with Gasteiger partial charge in [-0.2, -0.15) is 8.78 Å².